The minimum absolute atomic E-state index is 0.183. The third-order valence-corrected chi connectivity index (χ3v) is 3.29. The molecular weight excluding hydrogens is 218 g/mol. The minimum atomic E-state index is -0.616. The quantitative estimate of drug-likeness (QED) is 0.744. The van der Waals surface area contributed by atoms with Crippen LogP contribution in [0.25, 0.3) is 0 Å². The molecule has 5 nitrogen and oxygen atoms in total. The number of hydrogen-bond acceptors (Lipinski definition) is 4. The first-order chi connectivity index (χ1) is 8.23. The SMILES string of the molecule is CCNC(Cn1cccn1)(C(=O)OC)C1CC1. The molecule has 1 fully saturated rings. The molecule has 1 aliphatic rings. The third kappa shape index (κ3) is 2.34. The Bertz CT molecular complexity index is 373. The van der Waals surface area contributed by atoms with Gasteiger partial charge in [-0.05, 0) is 31.4 Å². The first-order valence-corrected chi connectivity index (χ1v) is 6.04. The van der Waals surface area contributed by atoms with E-state index in [1.807, 2.05) is 19.2 Å². The largest absolute Gasteiger partial charge is 0.468 e. The Labute approximate surface area is 101 Å². The van der Waals surface area contributed by atoms with Gasteiger partial charge in [-0.1, -0.05) is 6.92 Å². The van der Waals surface area contributed by atoms with Crippen molar-refractivity contribution in [2.45, 2.75) is 31.8 Å². The molecular formula is C12H19N3O2. The highest BCUT2D eigenvalue weighted by Gasteiger charge is 2.51. The van der Waals surface area contributed by atoms with E-state index in [0.29, 0.717) is 12.5 Å². The van der Waals surface area contributed by atoms with Crippen LogP contribution in [-0.4, -0.2) is 34.9 Å². The average Bonchev–Trinajstić information content (AvgIpc) is 3.07. The molecule has 17 heavy (non-hydrogen) atoms. The highest BCUT2D eigenvalue weighted by molar-refractivity contribution is 5.81. The summed E-state index contributed by atoms with van der Waals surface area (Å²) < 4.78 is 6.77. The van der Waals surface area contributed by atoms with Crippen molar-refractivity contribution in [2.75, 3.05) is 13.7 Å². The topological polar surface area (TPSA) is 56.2 Å². The van der Waals surface area contributed by atoms with Gasteiger partial charge in [0, 0.05) is 12.4 Å². The van der Waals surface area contributed by atoms with E-state index in [1.165, 1.54) is 7.11 Å². The summed E-state index contributed by atoms with van der Waals surface area (Å²) in [6.07, 6.45) is 5.74. The van der Waals surface area contributed by atoms with Crippen molar-refractivity contribution in [3.8, 4) is 0 Å². The lowest BCUT2D eigenvalue weighted by Gasteiger charge is -2.31. The Hall–Kier alpha value is -1.36. The summed E-state index contributed by atoms with van der Waals surface area (Å²) in [5.74, 6) is 0.177. The highest BCUT2D eigenvalue weighted by atomic mass is 16.5. The van der Waals surface area contributed by atoms with Crippen molar-refractivity contribution in [1.29, 1.82) is 0 Å². The van der Waals surface area contributed by atoms with Crippen molar-refractivity contribution in [3.63, 3.8) is 0 Å². The van der Waals surface area contributed by atoms with Crippen LogP contribution in [0.4, 0.5) is 0 Å². The fourth-order valence-electron chi connectivity index (χ4n) is 2.36. The molecule has 1 heterocycles. The van der Waals surface area contributed by atoms with Crippen LogP contribution in [0.1, 0.15) is 19.8 Å². The predicted molar refractivity (Wildman–Crippen MR) is 63.4 cm³/mol. The van der Waals surface area contributed by atoms with Gasteiger partial charge >= 0.3 is 5.97 Å². The van der Waals surface area contributed by atoms with Crippen molar-refractivity contribution < 1.29 is 9.53 Å². The van der Waals surface area contributed by atoms with E-state index in [1.54, 1.807) is 10.9 Å². The second kappa shape index (κ2) is 4.87. The number of ether oxygens (including phenoxy) is 1. The Balaban J connectivity index is 2.23. The number of hydrogen-bond donors (Lipinski definition) is 1. The van der Waals surface area contributed by atoms with Gasteiger partial charge in [-0.15, -0.1) is 0 Å². The fraction of sp³-hybridized carbons (Fsp3) is 0.667. The Morgan fingerprint density at radius 1 is 1.65 bits per heavy atom. The van der Waals surface area contributed by atoms with Crippen LogP contribution in [-0.2, 0) is 16.1 Å². The maximum atomic E-state index is 12.1. The zero-order valence-electron chi connectivity index (χ0n) is 10.3. The van der Waals surface area contributed by atoms with Gasteiger partial charge in [0.15, 0.2) is 0 Å². The van der Waals surface area contributed by atoms with E-state index in [4.69, 9.17) is 4.74 Å². The normalized spacial score (nSPS) is 18.7. The van der Waals surface area contributed by atoms with Crippen LogP contribution in [0.5, 0.6) is 0 Å². The van der Waals surface area contributed by atoms with Crippen LogP contribution in [0.15, 0.2) is 18.5 Å². The van der Waals surface area contributed by atoms with Crippen LogP contribution in [0.2, 0.25) is 0 Å². The molecule has 1 N–H and O–H groups in total. The lowest BCUT2D eigenvalue weighted by molar-refractivity contribution is -0.150. The van der Waals surface area contributed by atoms with Gasteiger partial charge in [0.05, 0.1) is 13.7 Å². The summed E-state index contributed by atoms with van der Waals surface area (Å²) in [5, 5.41) is 7.49. The summed E-state index contributed by atoms with van der Waals surface area (Å²) >= 11 is 0. The van der Waals surface area contributed by atoms with Crippen molar-refractivity contribution in [2.24, 2.45) is 5.92 Å². The van der Waals surface area contributed by atoms with Crippen molar-refractivity contribution in [1.82, 2.24) is 15.1 Å². The molecule has 0 aromatic carbocycles. The molecule has 1 saturated carbocycles. The molecule has 0 saturated heterocycles. The molecule has 0 amide bonds. The van der Waals surface area contributed by atoms with Gasteiger partial charge < -0.3 is 10.1 Å². The molecule has 0 spiro atoms. The standard InChI is InChI=1S/C12H19N3O2/c1-3-13-12(10-5-6-10,11(16)17-2)9-15-8-4-7-14-15/h4,7-8,10,13H,3,5-6,9H2,1-2H3. The first-order valence-electron chi connectivity index (χ1n) is 6.04. The predicted octanol–water partition coefficient (Wildman–Crippen LogP) is 0.814. The van der Waals surface area contributed by atoms with Crippen molar-refractivity contribution in [3.05, 3.63) is 18.5 Å². The number of rotatable bonds is 6. The lowest BCUT2D eigenvalue weighted by Crippen LogP contribution is -2.57. The van der Waals surface area contributed by atoms with Gasteiger partial charge in [-0.3, -0.25) is 4.68 Å². The highest BCUT2D eigenvalue weighted by Crippen LogP contribution is 2.41. The monoisotopic (exact) mass is 237 g/mol. The number of methoxy groups -OCH3 is 1. The second-order valence-electron chi connectivity index (χ2n) is 4.47. The molecule has 0 radical (unpaired) electrons. The Morgan fingerprint density at radius 2 is 2.41 bits per heavy atom. The molecule has 1 atom stereocenters. The Kier molecular flexibility index (Phi) is 3.47. The molecule has 1 aromatic heterocycles. The number of aromatic nitrogens is 2. The number of likely N-dealkylation sites (N-methyl/N-ethyl adjacent to an activating group) is 1. The maximum Gasteiger partial charge on any atom is 0.328 e. The average molecular weight is 237 g/mol. The van der Waals surface area contributed by atoms with Gasteiger partial charge in [-0.25, -0.2) is 4.79 Å². The summed E-state index contributed by atoms with van der Waals surface area (Å²) in [6.45, 7) is 3.28. The van der Waals surface area contributed by atoms with E-state index in [0.717, 1.165) is 19.4 Å². The minimum Gasteiger partial charge on any atom is -0.468 e. The molecule has 94 valence electrons. The molecule has 0 aliphatic heterocycles. The maximum absolute atomic E-state index is 12.1. The fourth-order valence-corrected chi connectivity index (χ4v) is 2.36. The van der Waals surface area contributed by atoms with E-state index in [9.17, 15) is 4.79 Å². The lowest BCUT2D eigenvalue weighted by atomic mass is 9.93. The molecule has 2 rings (SSSR count). The smallest absolute Gasteiger partial charge is 0.328 e. The number of carbonyl (C=O) groups is 1. The Morgan fingerprint density at radius 3 is 2.88 bits per heavy atom. The van der Waals surface area contributed by atoms with Gasteiger partial charge in [-0.2, -0.15) is 5.10 Å². The zero-order valence-corrected chi connectivity index (χ0v) is 10.3. The van der Waals surface area contributed by atoms with E-state index >= 15 is 0 Å². The van der Waals surface area contributed by atoms with Crippen LogP contribution < -0.4 is 5.32 Å². The van der Waals surface area contributed by atoms with Gasteiger partial charge in [0.25, 0.3) is 0 Å². The number of nitrogens with one attached hydrogen (secondary N) is 1. The molecule has 5 heteroatoms. The summed E-state index contributed by atoms with van der Waals surface area (Å²) in [6, 6.07) is 1.86. The van der Waals surface area contributed by atoms with Crippen molar-refractivity contribution >= 4 is 5.97 Å². The molecule has 0 bridgehead atoms. The van der Waals surface area contributed by atoms with Crippen LogP contribution in [0.3, 0.4) is 0 Å². The van der Waals surface area contributed by atoms with Gasteiger partial charge in [0.2, 0.25) is 0 Å². The van der Waals surface area contributed by atoms with E-state index < -0.39 is 5.54 Å². The second-order valence-corrected chi connectivity index (χ2v) is 4.47. The molecule has 1 aliphatic carbocycles. The van der Waals surface area contributed by atoms with E-state index in [2.05, 4.69) is 10.4 Å². The summed E-state index contributed by atoms with van der Waals surface area (Å²) in [4.78, 5) is 12.1. The molecule has 1 aromatic rings. The van der Waals surface area contributed by atoms with Crippen LogP contribution >= 0.6 is 0 Å². The number of esters is 1. The van der Waals surface area contributed by atoms with Gasteiger partial charge in [0.1, 0.15) is 5.54 Å². The number of nitrogens with zero attached hydrogens (tertiary/aromatic N) is 2. The number of carbonyl (C=O) groups excluding carboxylic acids is 1. The third-order valence-electron chi connectivity index (χ3n) is 3.29. The zero-order chi connectivity index (χ0) is 12.3. The summed E-state index contributed by atoms with van der Waals surface area (Å²) in [7, 11) is 1.44. The van der Waals surface area contributed by atoms with Crippen LogP contribution in [0, 0.1) is 5.92 Å². The summed E-state index contributed by atoms with van der Waals surface area (Å²) in [5.41, 5.74) is -0.616. The molecule has 1 unspecified atom stereocenters. The first kappa shape index (κ1) is 12.1. The van der Waals surface area contributed by atoms with E-state index in [-0.39, 0.29) is 5.97 Å².